The molecule has 2 aliphatic heterocycles. The molecule has 28 heavy (non-hydrogen) atoms. The number of halogens is 3. The van der Waals surface area contributed by atoms with E-state index in [-0.39, 0.29) is 5.75 Å². The second kappa shape index (κ2) is 8.24. The van der Waals surface area contributed by atoms with Crippen LogP contribution < -0.4 is 9.64 Å². The predicted molar refractivity (Wildman–Crippen MR) is 103 cm³/mol. The van der Waals surface area contributed by atoms with Crippen molar-refractivity contribution in [3.8, 4) is 16.3 Å². The topological polar surface area (TPSA) is 41.5 Å². The summed E-state index contributed by atoms with van der Waals surface area (Å²) >= 11 is 1.41. The maximum Gasteiger partial charge on any atom is 0.573 e. The van der Waals surface area contributed by atoms with Gasteiger partial charge in [0.25, 0.3) is 0 Å². The first-order valence-corrected chi connectivity index (χ1v) is 10.5. The Balaban J connectivity index is 1.39. The molecule has 0 spiro atoms. The first-order chi connectivity index (χ1) is 13.5. The van der Waals surface area contributed by atoms with Gasteiger partial charge in [-0.3, -0.25) is 0 Å². The summed E-state index contributed by atoms with van der Waals surface area (Å²) in [6, 6.07) is 6.53. The van der Waals surface area contributed by atoms with E-state index in [1.807, 2.05) is 0 Å². The van der Waals surface area contributed by atoms with E-state index in [0.717, 1.165) is 31.1 Å². The van der Waals surface area contributed by atoms with Crippen molar-refractivity contribution in [1.82, 2.24) is 15.1 Å². The van der Waals surface area contributed by atoms with Gasteiger partial charge < -0.3 is 14.5 Å². The van der Waals surface area contributed by atoms with E-state index in [1.54, 1.807) is 6.07 Å². The van der Waals surface area contributed by atoms with Crippen molar-refractivity contribution >= 4 is 16.5 Å². The van der Waals surface area contributed by atoms with Gasteiger partial charge in [0.1, 0.15) is 10.8 Å². The van der Waals surface area contributed by atoms with Crippen LogP contribution in [0.3, 0.4) is 0 Å². The second-order valence-electron chi connectivity index (χ2n) is 7.28. The number of anilines is 1. The number of nitrogens with zero attached hydrogens (tertiary/aromatic N) is 4. The first kappa shape index (κ1) is 19.4. The normalized spacial score (nSPS) is 19.8. The summed E-state index contributed by atoms with van der Waals surface area (Å²) in [5.41, 5.74) is 0.578. The third kappa shape index (κ3) is 4.75. The van der Waals surface area contributed by atoms with Gasteiger partial charge in [-0.05, 0) is 50.9 Å². The Kier molecular flexibility index (Phi) is 5.73. The van der Waals surface area contributed by atoms with Gasteiger partial charge in [0.05, 0.1) is 0 Å². The van der Waals surface area contributed by atoms with Crippen LogP contribution in [-0.4, -0.2) is 53.7 Å². The minimum Gasteiger partial charge on any atom is -0.406 e. The van der Waals surface area contributed by atoms with Crippen LogP contribution in [0.5, 0.6) is 5.75 Å². The monoisotopic (exact) mass is 412 g/mol. The predicted octanol–water partition coefficient (Wildman–Crippen LogP) is 4.56. The highest BCUT2D eigenvalue weighted by molar-refractivity contribution is 7.18. The molecular weight excluding hydrogens is 389 g/mol. The van der Waals surface area contributed by atoms with Crippen LogP contribution in [0.15, 0.2) is 24.3 Å². The van der Waals surface area contributed by atoms with Crippen molar-refractivity contribution in [3.63, 3.8) is 0 Å². The van der Waals surface area contributed by atoms with E-state index in [9.17, 15) is 13.2 Å². The van der Waals surface area contributed by atoms with Crippen LogP contribution in [0.4, 0.5) is 18.3 Å². The Labute approximate surface area is 166 Å². The van der Waals surface area contributed by atoms with Crippen LogP contribution in [0.25, 0.3) is 10.6 Å². The molecule has 1 aromatic heterocycles. The quantitative estimate of drug-likeness (QED) is 0.737. The van der Waals surface area contributed by atoms with Crippen molar-refractivity contribution in [1.29, 1.82) is 0 Å². The number of likely N-dealkylation sites (tertiary alicyclic amines) is 1. The number of benzene rings is 1. The lowest BCUT2D eigenvalue weighted by molar-refractivity contribution is -0.274. The molecule has 9 heteroatoms. The Bertz CT molecular complexity index is 783. The Morgan fingerprint density at radius 1 is 1.00 bits per heavy atom. The number of alkyl halides is 3. The molecule has 1 aromatic carbocycles. The Morgan fingerprint density at radius 3 is 2.46 bits per heavy atom. The molecule has 0 aliphatic carbocycles. The maximum absolute atomic E-state index is 12.4. The largest absolute Gasteiger partial charge is 0.573 e. The van der Waals surface area contributed by atoms with Crippen molar-refractivity contribution in [2.75, 3.05) is 31.1 Å². The van der Waals surface area contributed by atoms with Gasteiger partial charge in [0.2, 0.25) is 5.13 Å². The molecule has 5 nitrogen and oxygen atoms in total. The zero-order chi connectivity index (χ0) is 19.6. The molecule has 2 aliphatic rings. The SMILES string of the molecule is FC(F)(F)Oc1cccc(-c2nnc(N3CCC(N4CCCCC4)CC3)s2)c1. The van der Waals surface area contributed by atoms with Crippen molar-refractivity contribution in [3.05, 3.63) is 24.3 Å². The molecule has 0 N–H and O–H groups in total. The van der Waals surface area contributed by atoms with Crippen LogP contribution in [0.2, 0.25) is 0 Å². The number of aromatic nitrogens is 2. The molecular formula is C19H23F3N4OS. The minimum atomic E-state index is -4.70. The second-order valence-corrected chi connectivity index (χ2v) is 8.24. The van der Waals surface area contributed by atoms with E-state index in [0.29, 0.717) is 16.6 Å². The Morgan fingerprint density at radius 2 is 1.75 bits per heavy atom. The lowest BCUT2D eigenvalue weighted by Crippen LogP contribution is -2.46. The molecule has 0 saturated carbocycles. The number of hydrogen-bond donors (Lipinski definition) is 0. The number of rotatable bonds is 4. The average molecular weight is 412 g/mol. The van der Waals surface area contributed by atoms with Gasteiger partial charge in [-0.15, -0.1) is 23.4 Å². The fraction of sp³-hybridized carbons (Fsp3) is 0.579. The van der Waals surface area contributed by atoms with E-state index in [1.165, 1.54) is 61.9 Å². The highest BCUT2D eigenvalue weighted by Gasteiger charge is 2.31. The summed E-state index contributed by atoms with van der Waals surface area (Å²) in [7, 11) is 0. The lowest BCUT2D eigenvalue weighted by atomic mass is 10.0. The molecule has 0 unspecified atom stereocenters. The maximum atomic E-state index is 12.4. The number of ether oxygens (including phenoxy) is 1. The highest BCUT2D eigenvalue weighted by atomic mass is 32.1. The molecule has 0 radical (unpaired) electrons. The third-order valence-electron chi connectivity index (χ3n) is 5.37. The zero-order valence-corrected chi connectivity index (χ0v) is 16.3. The third-order valence-corrected chi connectivity index (χ3v) is 6.40. The molecule has 2 aromatic rings. The highest BCUT2D eigenvalue weighted by Crippen LogP contribution is 2.33. The van der Waals surface area contributed by atoms with Crippen molar-refractivity contribution in [2.24, 2.45) is 0 Å². The lowest BCUT2D eigenvalue weighted by Gasteiger charge is -2.40. The Hall–Kier alpha value is -1.87. The standard InChI is InChI=1S/C19H23F3N4OS/c20-19(21,22)27-16-6-4-5-14(13-16)17-23-24-18(28-17)26-11-7-15(8-12-26)25-9-2-1-3-10-25/h4-6,13,15H,1-3,7-12H2. The van der Waals surface area contributed by atoms with Gasteiger partial charge in [0, 0.05) is 24.7 Å². The summed E-state index contributed by atoms with van der Waals surface area (Å²) in [5.74, 6) is -0.246. The van der Waals surface area contributed by atoms with Crippen molar-refractivity contribution < 1.29 is 17.9 Å². The average Bonchev–Trinajstić information content (AvgIpc) is 3.18. The smallest absolute Gasteiger partial charge is 0.406 e. The summed E-state index contributed by atoms with van der Waals surface area (Å²) in [6.07, 6.45) is 1.48. The molecule has 2 fully saturated rings. The zero-order valence-electron chi connectivity index (χ0n) is 15.5. The molecule has 0 bridgehead atoms. The molecule has 2 saturated heterocycles. The molecule has 4 rings (SSSR count). The fourth-order valence-corrected chi connectivity index (χ4v) is 4.88. The minimum absolute atomic E-state index is 0.246. The van der Waals surface area contributed by atoms with Gasteiger partial charge in [-0.25, -0.2) is 0 Å². The summed E-state index contributed by atoms with van der Waals surface area (Å²) in [4.78, 5) is 4.86. The van der Waals surface area contributed by atoms with E-state index >= 15 is 0 Å². The van der Waals surface area contributed by atoms with Crippen LogP contribution in [-0.2, 0) is 0 Å². The van der Waals surface area contributed by atoms with Crippen LogP contribution >= 0.6 is 11.3 Å². The van der Waals surface area contributed by atoms with Crippen LogP contribution in [0.1, 0.15) is 32.1 Å². The van der Waals surface area contributed by atoms with E-state index < -0.39 is 6.36 Å². The van der Waals surface area contributed by atoms with E-state index in [4.69, 9.17) is 0 Å². The number of piperidine rings is 2. The van der Waals surface area contributed by atoms with Gasteiger partial charge in [-0.2, -0.15) is 0 Å². The van der Waals surface area contributed by atoms with Crippen molar-refractivity contribution in [2.45, 2.75) is 44.5 Å². The first-order valence-electron chi connectivity index (χ1n) is 9.67. The summed E-state index contributed by atoms with van der Waals surface area (Å²) in [6.45, 7) is 4.30. The molecule has 0 atom stereocenters. The van der Waals surface area contributed by atoms with Gasteiger partial charge in [0.15, 0.2) is 0 Å². The van der Waals surface area contributed by atoms with Gasteiger partial charge in [-0.1, -0.05) is 29.9 Å². The van der Waals surface area contributed by atoms with Crippen LogP contribution in [0, 0.1) is 0 Å². The molecule has 0 amide bonds. The summed E-state index contributed by atoms with van der Waals surface area (Å²) < 4.78 is 41.3. The summed E-state index contributed by atoms with van der Waals surface area (Å²) in [5, 5.41) is 9.89. The number of hydrogen-bond acceptors (Lipinski definition) is 6. The fourth-order valence-electron chi connectivity index (χ4n) is 3.99. The van der Waals surface area contributed by atoms with Gasteiger partial charge >= 0.3 is 6.36 Å². The molecule has 152 valence electrons. The van der Waals surface area contributed by atoms with E-state index in [2.05, 4.69) is 24.7 Å². The molecule has 3 heterocycles.